The molecule has 0 aromatic heterocycles. The summed E-state index contributed by atoms with van der Waals surface area (Å²) >= 11 is 0. The average molecular weight is 231 g/mol. The predicted octanol–water partition coefficient (Wildman–Crippen LogP) is 3.58. The van der Waals surface area contributed by atoms with E-state index in [4.69, 9.17) is 5.26 Å². The molecule has 0 fully saturated rings. The summed E-state index contributed by atoms with van der Waals surface area (Å²) in [7, 11) is -1.51. The molecule has 1 aromatic rings. The smallest absolute Gasteiger partial charge is 0.0991 e. The maximum absolute atomic E-state index is 9.02. The quantitative estimate of drug-likeness (QED) is 0.678. The number of hydrogen-bond acceptors (Lipinski definition) is 1. The SMILES string of the molecule is Cc1cc(C#N)cc([Si](C)(C)C(C)(C)C)c1. The molecule has 0 heterocycles. The summed E-state index contributed by atoms with van der Waals surface area (Å²) in [6.45, 7) is 13.7. The van der Waals surface area contributed by atoms with Crippen LogP contribution < -0.4 is 5.19 Å². The fraction of sp³-hybridized carbons (Fsp3) is 0.500. The molecular formula is C14H21NSi. The molecular weight excluding hydrogens is 210 g/mol. The van der Waals surface area contributed by atoms with Crippen LogP contribution >= 0.6 is 0 Å². The number of benzene rings is 1. The highest BCUT2D eigenvalue weighted by molar-refractivity contribution is 6.92. The second kappa shape index (κ2) is 4.07. The maximum Gasteiger partial charge on any atom is 0.0991 e. The molecule has 1 nitrogen and oxygen atoms in total. The minimum atomic E-state index is -1.51. The Labute approximate surface area is 100 Å². The summed E-state index contributed by atoms with van der Waals surface area (Å²) < 4.78 is 0. The van der Waals surface area contributed by atoms with Crippen LogP contribution in [0, 0.1) is 18.3 Å². The molecule has 0 aliphatic carbocycles. The second-order valence-corrected chi connectivity index (χ2v) is 11.4. The molecule has 16 heavy (non-hydrogen) atoms. The van der Waals surface area contributed by atoms with Crippen molar-refractivity contribution in [3.63, 3.8) is 0 Å². The van der Waals surface area contributed by atoms with Crippen molar-refractivity contribution in [1.82, 2.24) is 0 Å². The number of hydrogen-bond donors (Lipinski definition) is 0. The van der Waals surface area contributed by atoms with E-state index >= 15 is 0 Å². The van der Waals surface area contributed by atoms with E-state index in [-0.39, 0.29) is 0 Å². The average Bonchev–Trinajstić information content (AvgIpc) is 2.15. The van der Waals surface area contributed by atoms with E-state index in [1.54, 1.807) is 0 Å². The van der Waals surface area contributed by atoms with Gasteiger partial charge in [-0.2, -0.15) is 5.26 Å². The third kappa shape index (κ3) is 2.36. The van der Waals surface area contributed by atoms with Crippen LogP contribution in [0.4, 0.5) is 0 Å². The third-order valence-electron chi connectivity index (χ3n) is 3.80. The van der Waals surface area contributed by atoms with Gasteiger partial charge in [-0.05, 0) is 29.7 Å². The van der Waals surface area contributed by atoms with E-state index in [0.29, 0.717) is 5.04 Å². The zero-order valence-corrected chi connectivity index (χ0v) is 12.2. The largest absolute Gasteiger partial charge is 0.192 e. The van der Waals surface area contributed by atoms with Gasteiger partial charge in [-0.3, -0.25) is 0 Å². The number of rotatable bonds is 1. The first-order chi connectivity index (χ1) is 7.18. The lowest BCUT2D eigenvalue weighted by Crippen LogP contribution is -2.49. The number of nitriles is 1. The number of nitrogens with zero attached hydrogens (tertiary/aromatic N) is 1. The van der Waals surface area contributed by atoms with Gasteiger partial charge in [0.2, 0.25) is 0 Å². The van der Waals surface area contributed by atoms with Crippen molar-refractivity contribution in [1.29, 1.82) is 5.26 Å². The topological polar surface area (TPSA) is 23.8 Å². The Hall–Kier alpha value is -1.07. The summed E-state index contributed by atoms with van der Waals surface area (Å²) in [5, 5.41) is 10.7. The molecule has 2 heteroatoms. The van der Waals surface area contributed by atoms with E-state index in [9.17, 15) is 0 Å². The molecule has 0 spiro atoms. The fourth-order valence-electron chi connectivity index (χ4n) is 1.64. The molecule has 0 unspecified atom stereocenters. The first-order valence-electron chi connectivity index (χ1n) is 5.71. The highest BCUT2D eigenvalue weighted by atomic mass is 28.3. The summed E-state index contributed by atoms with van der Waals surface area (Å²) in [6, 6.07) is 8.53. The minimum Gasteiger partial charge on any atom is -0.192 e. The van der Waals surface area contributed by atoms with E-state index in [1.165, 1.54) is 10.8 Å². The van der Waals surface area contributed by atoms with Crippen molar-refractivity contribution in [2.75, 3.05) is 0 Å². The van der Waals surface area contributed by atoms with Crippen molar-refractivity contribution in [2.24, 2.45) is 0 Å². The van der Waals surface area contributed by atoms with Gasteiger partial charge in [0.25, 0.3) is 0 Å². The van der Waals surface area contributed by atoms with Crippen LogP contribution in [0.5, 0.6) is 0 Å². The van der Waals surface area contributed by atoms with Gasteiger partial charge >= 0.3 is 0 Å². The lowest BCUT2D eigenvalue weighted by molar-refractivity contribution is 0.729. The van der Waals surface area contributed by atoms with E-state index < -0.39 is 8.07 Å². The van der Waals surface area contributed by atoms with Crippen LogP contribution in [0.3, 0.4) is 0 Å². The highest BCUT2D eigenvalue weighted by Crippen LogP contribution is 2.35. The molecule has 0 aliphatic rings. The van der Waals surface area contributed by atoms with Crippen LogP contribution in [0.25, 0.3) is 0 Å². The van der Waals surface area contributed by atoms with Crippen LogP contribution in [-0.4, -0.2) is 8.07 Å². The molecule has 0 N–H and O–H groups in total. The molecule has 0 atom stereocenters. The summed E-state index contributed by atoms with van der Waals surface area (Å²) in [5.74, 6) is 0. The van der Waals surface area contributed by atoms with Crippen LogP contribution in [0.1, 0.15) is 31.9 Å². The molecule has 0 aliphatic heterocycles. The van der Waals surface area contributed by atoms with E-state index in [1.807, 2.05) is 6.07 Å². The molecule has 0 saturated carbocycles. The second-order valence-electron chi connectivity index (χ2n) is 6.07. The molecule has 1 rings (SSSR count). The van der Waals surface area contributed by atoms with Gasteiger partial charge < -0.3 is 0 Å². The molecule has 0 amide bonds. The first kappa shape index (κ1) is 13.0. The fourth-order valence-corrected chi connectivity index (χ4v) is 3.61. The Morgan fingerprint density at radius 1 is 1.12 bits per heavy atom. The van der Waals surface area contributed by atoms with Crippen molar-refractivity contribution in [2.45, 2.75) is 45.8 Å². The minimum absolute atomic E-state index is 0.313. The van der Waals surface area contributed by atoms with Crippen molar-refractivity contribution in [3.8, 4) is 6.07 Å². The lowest BCUT2D eigenvalue weighted by atomic mass is 10.1. The van der Waals surface area contributed by atoms with E-state index in [0.717, 1.165) is 5.56 Å². The van der Waals surface area contributed by atoms with Crippen LogP contribution in [-0.2, 0) is 0 Å². The Kier molecular flexibility index (Phi) is 3.30. The molecule has 0 bridgehead atoms. The van der Waals surface area contributed by atoms with Gasteiger partial charge in [0.05, 0.1) is 19.7 Å². The molecule has 0 radical (unpaired) electrons. The van der Waals surface area contributed by atoms with Gasteiger partial charge in [0, 0.05) is 0 Å². The predicted molar refractivity (Wildman–Crippen MR) is 72.7 cm³/mol. The van der Waals surface area contributed by atoms with Gasteiger partial charge in [-0.15, -0.1) is 0 Å². The third-order valence-corrected chi connectivity index (χ3v) is 9.29. The summed E-state index contributed by atoms with van der Waals surface area (Å²) in [6.07, 6.45) is 0. The standard InChI is InChI=1S/C14H21NSi/c1-11-7-12(10-15)9-13(8-11)16(5,6)14(2,3)4/h7-9H,1-6H3. The van der Waals surface area contributed by atoms with Gasteiger partial charge in [-0.25, -0.2) is 0 Å². The Bertz CT molecular complexity index is 433. The maximum atomic E-state index is 9.02. The van der Waals surface area contributed by atoms with Crippen LogP contribution in [0.2, 0.25) is 18.1 Å². The summed E-state index contributed by atoms with van der Waals surface area (Å²) in [4.78, 5) is 0. The molecule has 1 aromatic carbocycles. The lowest BCUT2D eigenvalue weighted by Gasteiger charge is -2.37. The van der Waals surface area contributed by atoms with Gasteiger partial charge in [0.15, 0.2) is 0 Å². The molecule has 86 valence electrons. The van der Waals surface area contributed by atoms with Gasteiger partial charge in [-0.1, -0.05) is 45.1 Å². The zero-order valence-electron chi connectivity index (χ0n) is 11.2. The zero-order chi connectivity index (χ0) is 12.6. The Morgan fingerprint density at radius 3 is 2.12 bits per heavy atom. The Morgan fingerprint density at radius 2 is 1.69 bits per heavy atom. The van der Waals surface area contributed by atoms with Crippen molar-refractivity contribution < 1.29 is 0 Å². The molecule has 0 saturated heterocycles. The van der Waals surface area contributed by atoms with E-state index in [2.05, 4.69) is 59.0 Å². The summed E-state index contributed by atoms with van der Waals surface area (Å²) in [5.41, 5.74) is 1.98. The highest BCUT2D eigenvalue weighted by Gasteiger charge is 2.36. The first-order valence-corrected chi connectivity index (χ1v) is 8.71. The van der Waals surface area contributed by atoms with Gasteiger partial charge in [0.1, 0.15) is 0 Å². The van der Waals surface area contributed by atoms with Crippen molar-refractivity contribution in [3.05, 3.63) is 29.3 Å². The normalized spacial score (nSPS) is 12.3. The Balaban J connectivity index is 3.35. The monoisotopic (exact) mass is 231 g/mol. The van der Waals surface area contributed by atoms with Crippen LogP contribution in [0.15, 0.2) is 18.2 Å². The van der Waals surface area contributed by atoms with Crippen molar-refractivity contribution >= 4 is 13.3 Å². The number of aryl methyl sites for hydroxylation is 1.